The maximum absolute atomic E-state index is 12.9. The van der Waals surface area contributed by atoms with Gasteiger partial charge in [-0.05, 0) is 74.9 Å². The number of nitrogens with zero attached hydrogens (tertiary/aromatic N) is 2. The number of aryl methyl sites for hydroxylation is 3. The minimum absolute atomic E-state index is 0.246. The fraction of sp³-hybridized carbons (Fsp3) is 0.400. The zero-order chi connectivity index (χ0) is 27.2. The zero-order valence-electron chi connectivity index (χ0n) is 22.8. The highest BCUT2D eigenvalue weighted by Gasteiger charge is 2.27. The Morgan fingerprint density at radius 1 is 1.14 bits per heavy atom. The quantitative estimate of drug-likeness (QED) is 0.259. The van der Waals surface area contributed by atoms with Gasteiger partial charge in [-0.1, -0.05) is 61.9 Å². The average Bonchev–Trinajstić information content (AvgIpc) is 3.25. The van der Waals surface area contributed by atoms with E-state index in [1.165, 1.54) is 18.4 Å². The molecule has 0 bridgehead atoms. The molecule has 1 amide bonds. The second-order valence-corrected chi connectivity index (χ2v) is 10.1. The lowest BCUT2D eigenvalue weighted by Crippen LogP contribution is -2.32. The van der Waals surface area contributed by atoms with Crippen molar-refractivity contribution in [2.24, 2.45) is 7.05 Å². The van der Waals surface area contributed by atoms with Gasteiger partial charge in [0.05, 0.1) is 17.3 Å². The number of benzene rings is 2. The lowest BCUT2D eigenvalue weighted by atomic mass is 10.0. The summed E-state index contributed by atoms with van der Waals surface area (Å²) in [6.07, 6.45) is 3.43. The smallest absolute Gasteiger partial charge is 0.272 e. The molecule has 7 heteroatoms. The molecule has 2 aromatic carbocycles. The molecule has 3 aromatic rings. The molecule has 1 heterocycles. The van der Waals surface area contributed by atoms with Gasteiger partial charge in [0.2, 0.25) is 0 Å². The summed E-state index contributed by atoms with van der Waals surface area (Å²) in [7, 11) is 1.85. The summed E-state index contributed by atoms with van der Waals surface area (Å²) in [4.78, 5) is 12.9. The largest absolute Gasteiger partial charge is 0.495 e. The molecular formula is C30H38ClN3O3. The summed E-state index contributed by atoms with van der Waals surface area (Å²) in [6.45, 7) is 14.6. The molecule has 0 fully saturated rings. The van der Waals surface area contributed by atoms with E-state index in [0.717, 1.165) is 28.8 Å². The second kappa shape index (κ2) is 12.3. The standard InChI is InChI=1S/C30H38ClN3O3/c1-8-10-11-22-12-14-24(15-13-22)27-18-26(33-34(27)7)29(35)32-19-23-16-20(3)28(25(31)17-23)37-30(5,6)21(4)36-9-2/h12-18H,4,8-11,19H2,1-3,5-7H3,(H,32,35). The number of halogens is 1. The maximum Gasteiger partial charge on any atom is 0.272 e. The molecule has 0 spiro atoms. The second-order valence-electron chi connectivity index (χ2n) is 9.71. The van der Waals surface area contributed by atoms with Crippen LogP contribution in [0.25, 0.3) is 11.3 Å². The molecule has 0 radical (unpaired) electrons. The van der Waals surface area contributed by atoms with Crippen LogP contribution < -0.4 is 10.1 Å². The number of aromatic nitrogens is 2. The Hall–Kier alpha value is -3.25. The molecule has 0 unspecified atom stereocenters. The van der Waals surface area contributed by atoms with Crippen molar-refractivity contribution in [3.05, 3.63) is 82.2 Å². The number of carbonyl (C=O) groups excluding carboxylic acids is 1. The van der Waals surface area contributed by atoms with Gasteiger partial charge in [-0.15, -0.1) is 0 Å². The van der Waals surface area contributed by atoms with Gasteiger partial charge in [-0.2, -0.15) is 5.10 Å². The SMILES string of the molecule is C=C(OCC)C(C)(C)Oc1c(C)cc(CNC(=O)c2cc(-c3ccc(CCCC)cc3)n(C)n2)cc1Cl. The van der Waals surface area contributed by atoms with Crippen molar-refractivity contribution in [1.29, 1.82) is 0 Å². The molecule has 0 saturated carbocycles. The van der Waals surface area contributed by atoms with E-state index in [4.69, 9.17) is 21.1 Å². The van der Waals surface area contributed by atoms with Crippen LogP contribution in [0.3, 0.4) is 0 Å². The predicted molar refractivity (Wildman–Crippen MR) is 150 cm³/mol. The number of hydrogen-bond acceptors (Lipinski definition) is 4. The van der Waals surface area contributed by atoms with Gasteiger partial charge in [0.1, 0.15) is 11.5 Å². The van der Waals surface area contributed by atoms with Gasteiger partial charge in [0.25, 0.3) is 5.91 Å². The summed E-state index contributed by atoms with van der Waals surface area (Å²) in [5.41, 5.74) is 4.59. The number of amides is 1. The number of nitrogens with one attached hydrogen (secondary N) is 1. The van der Waals surface area contributed by atoms with Gasteiger partial charge in [0, 0.05) is 13.6 Å². The minimum Gasteiger partial charge on any atom is -0.495 e. The Balaban J connectivity index is 1.67. The fourth-order valence-corrected chi connectivity index (χ4v) is 4.37. The van der Waals surface area contributed by atoms with Crippen LogP contribution in [-0.4, -0.2) is 27.9 Å². The van der Waals surface area contributed by atoms with E-state index in [9.17, 15) is 4.79 Å². The Labute approximate surface area is 225 Å². The Bertz CT molecular complexity index is 1220. The fourth-order valence-electron chi connectivity index (χ4n) is 4.04. The van der Waals surface area contributed by atoms with E-state index in [1.54, 1.807) is 10.7 Å². The molecule has 0 aliphatic carbocycles. The number of carbonyl (C=O) groups is 1. The van der Waals surface area contributed by atoms with E-state index in [1.807, 2.05) is 46.9 Å². The molecule has 0 atom stereocenters. The molecule has 1 aromatic heterocycles. The third kappa shape index (κ3) is 7.16. The predicted octanol–water partition coefficient (Wildman–Crippen LogP) is 7.03. The van der Waals surface area contributed by atoms with Crippen LogP contribution in [0.15, 0.2) is 54.8 Å². The van der Waals surface area contributed by atoms with Crippen molar-refractivity contribution in [3.8, 4) is 17.0 Å². The zero-order valence-corrected chi connectivity index (χ0v) is 23.5. The Morgan fingerprint density at radius 3 is 2.46 bits per heavy atom. The number of ether oxygens (including phenoxy) is 2. The summed E-state index contributed by atoms with van der Waals surface area (Å²) >= 11 is 6.56. The molecular weight excluding hydrogens is 486 g/mol. The highest BCUT2D eigenvalue weighted by molar-refractivity contribution is 6.32. The maximum atomic E-state index is 12.9. The highest BCUT2D eigenvalue weighted by atomic mass is 35.5. The van der Waals surface area contributed by atoms with Crippen LogP contribution in [0, 0.1) is 6.92 Å². The van der Waals surface area contributed by atoms with Crippen LogP contribution in [-0.2, 0) is 24.8 Å². The lowest BCUT2D eigenvalue weighted by molar-refractivity contribution is 0.0638. The monoisotopic (exact) mass is 523 g/mol. The summed E-state index contributed by atoms with van der Waals surface area (Å²) in [5, 5.41) is 7.84. The number of hydrogen-bond donors (Lipinski definition) is 1. The lowest BCUT2D eigenvalue weighted by Gasteiger charge is -2.29. The normalized spacial score (nSPS) is 11.3. The van der Waals surface area contributed by atoms with E-state index in [-0.39, 0.29) is 5.91 Å². The van der Waals surface area contributed by atoms with Crippen molar-refractivity contribution >= 4 is 17.5 Å². The van der Waals surface area contributed by atoms with Crippen molar-refractivity contribution < 1.29 is 14.3 Å². The summed E-state index contributed by atoms with van der Waals surface area (Å²) in [6, 6.07) is 14.0. The van der Waals surface area contributed by atoms with Crippen LogP contribution in [0.5, 0.6) is 5.75 Å². The third-order valence-electron chi connectivity index (χ3n) is 6.27. The topological polar surface area (TPSA) is 65.4 Å². The van der Waals surface area contributed by atoms with Gasteiger partial charge in [0.15, 0.2) is 11.3 Å². The first-order valence-electron chi connectivity index (χ1n) is 12.8. The van der Waals surface area contributed by atoms with Crippen molar-refractivity contribution in [2.45, 2.75) is 66.0 Å². The molecule has 37 heavy (non-hydrogen) atoms. The molecule has 198 valence electrons. The average molecular weight is 524 g/mol. The summed E-state index contributed by atoms with van der Waals surface area (Å²) in [5.74, 6) is 0.853. The molecule has 0 saturated heterocycles. The van der Waals surface area contributed by atoms with Crippen LogP contribution in [0.1, 0.15) is 67.7 Å². The third-order valence-corrected chi connectivity index (χ3v) is 6.55. The van der Waals surface area contributed by atoms with Crippen LogP contribution in [0.2, 0.25) is 5.02 Å². The van der Waals surface area contributed by atoms with Crippen molar-refractivity contribution in [1.82, 2.24) is 15.1 Å². The van der Waals surface area contributed by atoms with Crippen molar-refractivity contribution in [2.75, 3.05) is 6.61 Å². The van der Waals surface area contributed by atoms with E-state index >= 15 is 0 Å². The molecule has 3 rings (SSSR count). The van der Waals surface area contributed by atoms with Gasteiger partial charge in [-0.3, -0.25) is 9.48 Å². The van der Waals surface area contributed by atoms with E-state index < -0.39 is 5.60 Å². The molecule has 0 aliphatic rings. The molecule has 0 aliphatic heterocycles. The van der Waals surface area contributed by atoms with Gasteiger partial charge < -0.3 is 14.8 Å². The first-order chi connectivity index (χ1) is 17.6. The number of unbranched alkanes of at least 4 members (excludes halogenated alkanes) is 1. The highest BCUT2D eigenvalue weighted by Crippen LogP contribution is 2.35. The molecule has 6 nitrogen and oxygen atoms in total. The first kappa shape index (κ1) is 28.3. The van der Waals surface area contributed by atoms with E-state index in [2.05, 4.69) is 48.2 Å². The first-order valence-corrected chi connectivity index (χ1v) is 13.1. The minimum atomic E-state index is -0.743. The van der Waals surface area contributed by atoms with Crippen molar-refractivity contribution in [3.63, 3.8) is 0 Å². The Kier molecular flexibility index (Phi) is 9.44. The van der Waals surface area contributed by atoms with Crippen LogP contribution >= 0.6 is 11.6 Å². The van der Waals surface area contributed by atoms with Crippen LogP contribution in [0.4, 0.5) is 0 Å². The van der Waals surface area contributed by atoms with Gasteiger partial charge >= 0.3 is 0 Å². The van der Waals surface area contributed by atoms with E-state index in [0.29, 0.717) is 35.4 Å². The Morgan fingerprint density at radius 2 is 1.84 bits per heavy atom. The molecule has 1 N–H and O–H groups in total. The number of rotatable bonds is 12. The summed E-state index contributed by atoms with van der Waals surface area (Å²) < 4.78 is 13.4. The van der Waals surface area contributed by atoms with Gasteiger partial charge in [-0.25, -0.2) is 0 Å².